The number of rotatable bonds is 3. The molecular formula is C13H12N6. The average molecular weight is 252 g/mol. The normalized spacial score (nSPS) is 10.5. The Labute approximate surface area is 109 Å². The summed E-state index contributed by atoms with van der Waals surface area (Å²) in [6.07, 6.45) is 3.22. The number of nitrogens with zero attached hydrogens (tertiary/aromatic N) is 4. The van der Waals surface area contributed by atoms with Gasteiger partial charge in [0.15, 0.2) is 0 Å². The number of hydrogen-bond acceptors (Lipinski definition) is 6. The standard InChI is InChI=1S/C13H12N6/c14-13-18-11-4-2-1-3-10(11)12(19-13)16-7-9-5-6-15-8-17-9/h1-6,8H,7H2,(H3,14,16,18,19). The van der Waals surface area contributed by atoms with Gasteiger partial charge >= 0.3 is 0 Å². The number of nitrogens with one attached hydrogen (secondary N) is 1. The second kappa shape index (κ2) is 4.85. The quantitative estimate of drug-likeness (QED) is 0.736. The lowest BCUT2D eigenvalue weighted by atomic mass is 10.2. The summed E-state index contributed by atoms with van der Waals surface area (Å²) >= 11 is 0. The largest absolute Gasteiger partial charge is 0.368 e. The van der Waals surface area contributed by atoms with Gasteiger partial charge in [-0.15, -0.1) is 0 Å². The van der Waals surface area contributed by atoms with Crippen molar-refractivity contribution in [2.24, 2.45) is 0 Å². The predicted molar refractivity (Wildman–Crippen MR) is 73.3 cm³/mol. The molecule has 0 unspecified atom stereocenters. The van der Waals surface area contributed by atoms with Crippen molar-refractivity contribution in [3.05, 3.63) is 48.5 Å². The predicted octanol–water partition coefficient (Wildman–Crippen LogP) is 1.61. The molecule has 0 spiro atoms. The lowest BCUT2D eigenvalue weighted by Crippen LogP contribution is -2.06. The van der Waals surface area contributed by atoms with Crippen LogP contribution in [0.5, 0.6) is 0 Å². The van der Waals surface area contributed by atoms with Crippen LogP contribution in [-0.2, 0) is 6.54 Å². The number of nitrogen functional groups attached to an aromatic ring is 1. The maximum atomic E-state index is 5.71. The van der Waals surface area contributed by atoms with Gasteiger partial charge in [0.2, 0.25) is 5.95 Å². The van der Waals surface area contributed by atoms with Crippen molar-refractivity contribution in [2.45, 2.75) is 6.54 Å². The Morgan fingerprint density at radius 3 is 2.84 bits per heavy atom. The van der Waals surface area contributed by atoms with Crippen LogP contribution in [0.3, 0.4) is 0 Å². The first-order valence-corrected chi connectivity index (χ1v) is 5.84. The minimum Gasteiger partial charge on any atom is -0.368 e. The summed E-state index contributed by atoms with van der Waals surface area (Å²) in [5.74, 6) is 0.964. The van der Waals surface area contributed by atoms with Crippen LogP contribution in [-0.4, -0.2) is 19.9 Å². The second-order valence-electron chi connectivity index (χ2n) is 4.00. The van der Waals surface area contributed by atoms with E-state index < -0.39 is 0 Å². The molecule has 0 aliphatic heterocycles. The van der Waals surface area contributed by atoms with Crippen LogP contribution in [0.25, 0.3) is 10.9 Å². The molecule has 0 bridgehead atoms. The first kappa shape index (κ1) is 11.3. The van der Waals surface area contributed by atoms with E-state index in [9.17, 15) is 0 Å². The monoisotopic (exact) mass is 252 g/mol. The van der Waals surface area contributed by atoms with E-state index in [1.54, 1.807) is 6.20 Å². The minimum absolute atomic E-state index is 0.254. The van der Waals surface area contributed by atoms with E-state index in [4.69, 9.17) is 5.73 Å². The van der Waals surface area contributed by atoms with E-state index in [1.807, 2.05) is 30.3 Å². The minimum atomic E-state index is 0.254. The van der Waals surface area contributed by atoms with Gasteiger partial charge < -0.3 is 11.1 Å². The van der Waals surface area contributed by atoms with Gasteiger partial charge in [-0.1, -0.05) is 12.1 Å². The van der Waals surface area contributed by atoms with E-state index in [2.05, 4.69) is 25.3 Å². The molecule has 0 saturated heterocycles. The Morgan fingerprint density at radius 2 is 2.00 bits per heavy atom. The fraction of sp³-hybridized carbons (Fsp3) is 0.0769. The van der Waals surface area contributed by atoms with E-state index in [0.29, 0.717) is 12.4 Å². The molecule has 0 amide bonds. The first-order chi connectivity index (χ1) is 9.33. The van der Waals surface area contributed by atoms with Crippen LogP contribution in [0.2, 0.25) is 0 Å². The Hall–Kier alpha value is -2.76. The molecule has 6 heteroatoms. The summed E-state index contributed by atoms with van der Waals surface area (Å²) in [7, 11) is 0. The Bertz CT molecular complexity index is 698. The highest BCUT2D eigenvalue weighted by Gasteiger charge is 2.05. The van der Waals surface area contributed by atoms with Crippen molar-refractivity contribution in [3.8, 4) is 0 Å². The molecule has 0 fully saturated rings. The van der Waals surface area contributed by atoms with Crippen LogP contribution in [0.4, 0.5) is 11.8 Å². The zero-order valence-corrected chi connectivity index (χ0v) is 10.1. The maximum absolute atomic E-state index is 5.71. The average Bonchev–Trinajstić information content (AvgIpc) is 2.45. The molecule has 1 aromatic carbocycles. The first-order valence-electron chi connectivity index (χ1n) is 5.84. The highest BCUT2D eigenvalue weighted by atomic mass is 15.1. The maximum Gasteiger partial charge on any atom is 0.222 e. The molecule has 19 heavy (non-hydrogen) atoms. The van der Waals surface area contributed by atoms with Crippen LogP contribution in [0.15, 0.2) is 42.9 Å². The molecule has 6 nitrogen and oxygen atoms in total. The Balaban J connectivity index is 1.92. The van der Waals surface area contributed by atoms with Gasteiger partial charge in [0.25, 0.3) is 0 Å². The topological polar surface area (TPSA) is 89.6 Å². The molecule has 94 valence electrons. The molecule has 0 aliphatic rings. The van der Waals surface area contributed by atoms with Crippen molar-refractivity contribution in [1.29, 1.82) is 0 Å². The van der Waals surface area contributed by atoms with Crippen molar-refractivity contribution in [2.75, 3.05) is 11.1 Å². The van der Waals surface area contributed by atoms with Gasteiger partial charge in [0, 0.05) is 11.6 Å². The smallest absolute Gasteiger partial charge is 0.222 e. The third-order valence-corrected chi connectivity index (χ3v) is 2.70. The number of nitrogens with two attached hydrogens (primary N) is 1. The van der Waals surface area contributed by atoms with Crippen molar-refractivity contribution in [1.82, 2.24) is 19.9 Å². The van der Waals surface area contributed by atoms with Gasteiger partial charge in [0.05, 0.1) is 17.8 Å². The Morgan fingerprint density at radius 1 is 1.11 bits per heavy atom. The molecule has 2 aromatic heterocycles. The molecule has 0 atom stereocenters. The number of para-hydroxylation sites is 1. The highest BCUT2D eigenvalue weighted by molar-refractivity contribution is 5.89. The summed E-state index contributed by atoms with van der Waals surface area (Å²) in [6, 6.07) is 9.57. The van der Waals surface area contributed by atoms with Crippen LogP contribution >= 0.6 is 0 Å². The molecule has 2 heterocycles. The molecule has 0 aliphatic carbocycles. The van der Waals surface area contributed by atoms with E-state index in [0.717, 1.165) is 16.6 Å². The molecule has 3 aromatic rings. The summed E-state index contributed by atoms with van der Waals surface area (Å²) in [5.41, 5.74) is 7.41. The highest BCUT2D eigenvalue weighted by Crippen LogP contribution is 2.20. The Kier molecular flexibility index (Phi) is 2.89. The van der Waals surface area contributed by atoms with Gasteiger partial charge in [-0.3, -0.25) is 0 Å². The fourth-order valence-electron chi connectivity index (χ4n) is 1.83. The molecule has 0 saturated carbocycles. The number of hydrogen-bond donors (Lipinski definition) is 2. The summed E-state index contributed by atoms with van der Waals surface area (Å²) < 4.78 is 0. The van der Waals surface area contributed by atoms with Gasteiger partial charge in [-0.05, 0) is 18.2 Å². The summed E-state index contributed by atoms with van der Waals surface area (Å²) in [4.78, 5) is 16.4. The van der Waals surface area contributed by atoms with Crippen molar-refractivity contribution >= 4 is 22.7 Å². The zero-order valence-electron chi connectivity index (χ0n) is 10.1. The van der Waals surface area contributed by atoms with E-state index in [-0.39, 0.29) is 5.95 Å². The van der Waals surface area contributed by atoms with Gasteiger partial charge in [0.1, 0.15) is 12.1 Å². The van der Waals surface area contributed by atoms with Crippen LogP contribution in [0.1, 0.15) is 5.69 Å². The molecule has 0 radical (unpaired) electrons. The molecule has 3 rings (SSSR count). The number of benzene rings is 1. The third-order valence-electron chi connectivity index (χ3n) is 2.70. The lowest BCUT2D eigenvalue weighted by Gasteiger charge is -2.08. The van der Waals surface area contributed by atoms with E-state index in [1.165, 1.54) is 6.33 Å². The molecule has 3 N–H and O–H groups in total. The number of anilines is 2. The van der Waals surface area contributed by atoms with Crippen molar-refractivity contribution < 1.29 is 0 Å². The van der Waals surface area contributed by atoms with Crippen LogP contribution < -0.4 is 11.1 Å². The lowest BCUT2D eigenvalue weighted by molar-refractivity contribution is 0.997. The second-order valence-corrected chi connectivity index (χ2v) is 4.00. The van der Waals surface area contributed by atoms with Gasteiger partial charge in [-0.2, -0.15) is 4.98 Å². The fourth-order valence-corrected chi connectivity index (χ4v) is 1.83. The van der Waals surface area contributed by atoms with Crippen LogP contribution in [0, 0.1) is 0 Å². The summed E-state index contributed by atoms with van der Waals surface area (Å²) in [6.45, 7) is 0.558. The number of aromatic nitrogens is 4. The third kappa shape index (κ3) is 2.42. The van der Waals surface area contributed by atoms with Crippen molar-refractivity contribution in [3.63, 3.8) is 0 Å². The SMILES string of the molecule is Nc1nc(NCc2ccncn2)c2ccccc2n1. The van der Waals surface area contributed by atoms with E-state index >= 15 is 0 Å². The number of fused-ring (bicyclic) bond motifs is 1. The summed E-state index contributed by atoms with van der Waals surface area (Å²) in [5, 5.41) is 4.16. The van der Waals surface area contributed by atoms with Gasteiger partial charge in [-0.25, -0.2) is 15.0 Å². The zero-order chi connectivity index (χ0) is 13.1. The molecular weight excluding hydrogens is 240 g/mol.